The van der Waals surface area contributed by atoms with E-state index in [2.05, 4.69) is 31.0 Å². The average Bonchev–Trinajstić information content (AvgIpc) is 2.99. The highest BCUT2D eigenvalue weighted by atomic mass is 35.5. The summed E-state index contributed by atoms with van der Waals surface area (Å²) >= 11 is 12.7. The molecule has 1 N–H and O–H groups in total. The predicted molar refractivity (Wildman–Crippen MR) is 105 cm³/mol. The van der Waals surface area contributed by atoms with Gasteiger partial charge in [-0.3, -0.25) is 9.89 Å². The first-order valence-electron chi connectivity index (χ1n) is 9.02. The Labute approximate surface area is 163 Å². The van der Waals surface area contributed by atoms with Gasteiger partial charge in [0.2, 0.25) is 0 Å². The first kappa shape index (κ1) is 17.8. The zero-order valence-electron chi connectivity index (χ0n) is 15.2. The summed E-state index contributed by atoms with van der Waals surface area (Å²) in [7, 11) is 0. The van der Waals surface area contributed by atoms with Crippen molar-refractivity contribution in [3.05, 3.63) is 62.4 Å². The summed E-state index contributed by atoms with van der Waals surface area (Å²) < 4.78 is 0. The van der Waals surface area contributed by atoms with Crippen molar-refractivity contribution in [1.29, 1.82) is 0 Å². The molecule has 2 aromatic rings. The number of nitrogens with zero attached hydrogens (tertiary/aromatic N) is 1. The van der Waals surface area contributed by atoms with Crippen LogP contribution < -0.4 is 0 Å². The minimum Gasteiger partial charge on any atom is -0.294 e. The Kier molecular flexibility index (Phi) is 4.09. The van der Waals surface area contributed by atoms with Crippen LogP contribution >= 0.6 is 23.2 Å². The molecule has 1 aromatic heterocycles. The van der Waals surface area contributed by atoms with Crippen LogP contribution in [0.25, 0.3) is 0 Å². The number of ketones is 1. The molecule has 0 bridgehead atoms. The van der Waals surface area contributed by atoms with E-state index in [9.17, 15) is 4.79 Å². The van der Waals surface area contributed by atoms with E-state index < -0.39 is 5.41 Å². The molecule has 1 aromatic carbocycles. The molecule has 0 saturated carbocycles. The fraction of sp³-hybridized carbons (Fsp3) is 0.429. The summed E-state index contributed by atoms with van der Waals surface area (Å²) in [4.78, 5) is 13.3. The van der Waals surface area contributed by atoms with Gasteiger partial charge >= 0.3 is 0 Å². The molecule has 3 nitrogen and oxygen atoms in total. The second-order valence-electron chi connectivity index (χ2n) is 8.28. The maximum atomic E-state index is 13.3. The zero-order valence-corrected chi connectivity index (χ0v) is 16.8. The lowest BCUT2D eigenvalue weighted by Gasteiger charge is -2.45. The van der Waals surface area contributed by atoms with Crippen LogP contribution in [0.1, 0.15) is 56.9 Å². The third kappa shape index (κ3) is 2.56. The molecule has 0 spiro atoms. The number of carbonyl (C=O) groups is 1. The van der Waals surface area contributed by atoms with Crippen LogP contribution in [0, 0.1) is 5.41 Å². The lowest BCUT2D eigenvalue weighted by molar-refractivity contribution is -0.118. The first-order chi connectivity index (χ1) is 12.3. The molecular formula is C21H22Cl2N2O. The fourth-order valence-corrected chi connectivity index (χ4v) is 5.50. The van der Waals surface area contributed by atoms with E-state index in [1.807, 2.05) is 18.3 Å². The molecule has 0 amide bonds. The number of allylic oxidation sites excluding steroid dienone is 2. The molecule has 0 aliphatic heterocycles. The largest absolute Gasteiger partial charge is 0.294 e. The number of H-pyrrole nitrogens is 1. The molecule has 136 valence electrons. The summed E-state index contributed by atoms with van der Waals surface area (Å²) in [5.74, 6) is 0.237. The van der Waals surface area contributed by atoms with Crippen LogP contribution in [-0.4, -0.2) is 16.0 Å². The van der Waals surface area contributed by atoms with Crippen molar-refractivity contribution in [3.8, 4) is 0 Å². The van der Waals surface area contributed by atoms with Crippen molar-refractivity contribution >= 4 is 29.0 Å². The number of hydrogen-bond acceptors (Lipinski definition) is 2. The highest BCUT2D eigenvalue weighted by Gasteiger charge is 2.49. The lowest BCUT2D eigenvalue weighted by atomic mass is 9.57. The van der Waals surface area contributed by atoms with Crippen LogP contribution in [0.2, 0.25) is 10.0 Å². The molecule has 0 radical (unpaired) electrons. The Morgan fingerprint density at radius 3 is 2.50 bits per heavy atom. The highest BCUT2D eigenvalue weighted by molar-refractivity contribution is 6.34. The van der Waals surface area contributed by atoms with Crippen molar-refractivity contribution in [1.82, 2.24) is 10.2 Å². The number of halogens is 2. The second kappa shape index (κ2) is 5.97. The van der Waals surface area contributed by atoms with Gasteiger partial charge in [0.15, 0.2) is 5.78 Å². The Hall–Kier alpha value is -1.58. The van der Waals surface area contributed by atoms with Crippen LogP contribution in [0.3, 0.4) is 0 Å². The Bertz CT molecular complexity index is 921. The fourth-order valence-electron chi connectivity index (χ4n) is 4.97. The van der Waals surface area contributed by atoms with Crippen LogP contribution in [0.4, 0.5) is 0 Å². The van der Waals surface area contributed by atoms with Gasteiger partial charge < -0.3 is 0 Å². The SMILES string of the molecule is CC[C@]1(c2cc(Cl)cc(Cl)c2)C2=C(Cc3[nH]ncc31)CC(C)(C)CC2=O. The molecule has 4 rings (SSSR count). The average molecular weight is 389 g/mol. The second-order valence-corrected chi connectivity index (χ2v) is 9.15. The van der Waals surface area contributed by atoms with Crippen molar-refractivity contribution in [2.24, 2.45) is 5.41 Å². The minimum atomic E-state index is -0.544. The van der Waals surface area contributed by atoms with Crippen molar-refractivity contribution in [3.63, 3.8) is 0 Å². The molecule has 1 heterocycles. The minimum absolute atomic E-state index is 0.0150. The van der Waals surface area contributed by atoms with Gasteiger partial charge in [0, 0.05) is 39.7 Å². The van der Waals surface area contributed by atoms with Gasteiger partial charge in [0.1, 0.15) is 0 Å². The smallest absolute Gasteiger partial charge is 0.160 e. The van der Waals surface area contributed by atoms with Crippen molar-refractivity contribution in [2.75, 3.05) is 0 Å². The van der Waals surface area contributed by atoms with Gasteiger partial charge in [-0.25, -0.2) is 0 Å². The molecule has 0 fully saturated rings. The van der Waals surface area contributed by atoms with Gasteiger partial charge in [0.25, 0.3) is 0 Å². The molecule has 2 aliphatic carbocycles. The van der Waals surface area contributed by atoms with E-state index in [1.165, 1.54) is 5.57 Å². The van der Waals surface area contributed by atoms with Crippen molar-refractivity contribution < 1.29 is 4.79 Å². The molecular weight excluding hydrogens is 367 g/mol. The van der Waals surface area contributed by atoms with Crippen LogP contribution in [0.15, 0.2) is 35.5 Å². The van der Waals surface area contributed by atoms with E-state index in [1.54, 1.807) is 6.07 Å². The van der Waals surface area contributed by atoms with E-state index in [4.69, 9.17) is 23.2 Å². The Morgan fingerprint density at radius 2 is 1.85 bits per heavy atom. The molecule has 26 heavy (non-hydrogen) atoms. The number of rotatable bonds is 2. The number of hydrogen-bond donors (Lipinski definition) is 1. The molecule has 2 aliphatic rings. The molecule has 0 unspecified atom stereocenters. The summed E-state index contributed by atoms with van der Waals surface area (Å²) in [6, 6.07) is 5.61. The summed E-state index contributed by atoms with van der Waals surface area (Å²) in [6.07, 6.45) is 4.86. The van der Waals surface area contributed by atoms with Gasteiger partial charge in [-0.05, 0) is 42.0 Å². The summed E-state index contributed by atoms with van der Waals surface area (Å²) in [5, 5.41) is 8.64. The summed E-state index contributed by atoms with van der Waals surface area (Å²) in [5.41, 5.74) is 4.74. The van der Waals surface area contributed by atoms with E-state index in [-0.39, 0.29) is 11.2 Å². The number of carbonyl (C=O) groups excluding carboxylic acids is 1. The highest BCUT2D eigenvalue weighted by Crippen LogP contribution is 2.54. The first-order valence-corrected chi connectivity index (χ1v) is 9.77. The normalized spacial score (nSPS) is 24.4. The molecule has 0 saturated heterocycles. The topological polar surface area (TPSA) is 45.8 Å². The standard InChI is InChI=1S/C21H22Cl2N2O/c1-4-21(13-6-14(22)8-15(23)7-13)16-11-24-25-17(16)5-12-9-20(2,3)10-18(26)19(12)21/h6-8,11H,4-5,9-10H2,1-3H3,(H,24,25)/t21-/m1/s1. The summed E-state index contributed by atoms with van der Waals surface area (Å²) in [6.45, 7) is 6.45. The third-order valence-corrected chi connectivity index (χ3v) is 6.28. The number of benzene rings is 1. The van der Waals surface area contributed by atoms with Gasteiger partial charge in [-0.15, -0.1) is 0 Å². The van der Waals surface area contributed by atoms with Gasteiger partial charge in [0.05, 0.1) is 11.6 Å². The van der Waals surface area contributed by atoms with Crippen molar-refractivity contribution in [2.45, 2.75) is 51.9 Å². The monoisotopic (exact) mass is 388 g/mol. The maximum absolute atomic E-state index is 13.3. The van der Waals surface area contributed by atoms with E-state index in [0.29, 0.717) is 16.5 Å². The quantitative estimate of drug-likeness (QED) is 0.721. The Balaban J connectivity index is 2.05. The molecule has 1 atom stereocenters. The predicted octanol–water partition coefficient (Wildman–Crippen LogP) is 5.65. The number of aromatic nitrogens is 2. The van der Waals surface area contributed by atoms with Gasteiger partial charge in [-0.2, -0.15) is 5.10 Å². The van der Waals surface area contributed by atoms with Gasteiger partial charge in [-0.1, -0.05) is 49.5 Å². The van der Waals surface area contributed by atoms with E-state index >= 15 is 0 Å². The Morgan fingerprint density at radius 1 is 1.15 bits per heavy atom. The number of fused-ring (bicyclic) bond motifs is 1. The zero-order chi connectivity index (χ0) is 18.7. The molecule has 5 heteroatoms. The number of Topliss-reactive ketones (excluding diaryl/α,β-unsaturated/α-hetero) is 1. The maximum Gasteiger partial charge on any atom is 0.160 e. The number of aromatic amines is 1. The number of nitrogens with one attached hydrogen (secondary N) is 1. The van der Waals surface area contributed by atoms with Crippen LogP contribution in [-0.2, 0) is 16.6 Å². The lowest BCUT2D eigenvalue weighted by Crippen LogP contribution is -2.42. The third-order valence-electron chi connectivity index (χ3n) is 5.84. The van der Waals surface area contributed by atoms with E-state index in [0.717, 1.165) is 41.7 Å². The van der Waals surface area contributed by atoms with Crippen LogP contribution in [0.5, 0.6) is 0 Å².